The van der Waals surface area contributed by atoms with E-state index in [0.717, 1.165) is 19.3 Å². The number of rotatable bonds is 2. The third kappa shape index (κ3) is 2.43. The van der Waals surface area contributed by atoms with E-state index in [4.69, 9.17) is 14.2 Å². The largest absolute Gasteiger partial charge is 0.469 e. The Bertz CT molecular complexity index is 370. The van der Waals surface area contributed by atoms with Gasteiger partial charge in [-0.25, -0.2) is 0 Å². The van der Waals surface area contributed by atoms with Crippen LogP contribution in [0.3, 0.4) is 0 Å². The van der Waals surface area contributed by atoms with Gasteiger partial charge in [-0.05, 0) is 19.3 Å². The number of carbonyl (C=O) groups is 1. The van der Waals surface area contributed by atoms with Gasteiger partial charge in [0.25, 0.3) is 0 Å². The van der Waals surface area contributed by atoms with Crippen molar-refractivity contribution in [1.82, 2.24) is 0 Å². The van der Waals surface area contributed by atoms with Crippen molar-refractivity contribution in [2.24, 2.45) is 11.8 Å². The highest BCUT2D eigenvalue weighted by Crippen LogP contribution is 2.42. The molecule has 106 valence electrons. The normalized spacial score (nSPS) is 36.8. The van der Waals surface area contributed by atoms with Crippen LogP contribution in [0.25, 0.3) is 0 Å². The highest BCUT2D eigenvalue weighted by molar-refractivity contribution is 5.74. The molecule has 1 spiro atoms. The summed E-state index contributed by atoms with van der Waals surface area (Å²) in [5.41, 5.74) is 0. The van der Waals surface area contributed by atoms with E-state index >= 15 is 0 Å². The SMILES string of the molecule is COC(=O)[C@@H]1CC=C[C@H]1[C@H]1COC2(CCCCC2)O1. The molecule has 0 radical (unpaired) electrons. The summed E-state index contributed by atoms with van der Waals surface area (Å²) < 4.78 is 17.1. The van der Waals surface area contributed by atoms with Gasteiger partial charge in [0.1, 0.15) is 0 Å². The van der Waals surface area contributed by atoms with Crippen molar-refractivity contribution in [3.05, 3.63) is 12.2 Å². The fourth-order valence-electron chi connectivity index (χ4n) is 3.58. The van der Waals surface area contributed by atoms with E-state index in [1.54, 1.807) is 0 Å². The summed E-state index contributed by atoms with van der Waals surface area (Å²) in [6, 6.07) is 0. The second-order valence-electron chi connectivity index (χ2n) is 5.81. The van der Waals surface area contributed by atoms with Crippen LogP contribution in [0, 0.1) is 11.8 Å². The van der Waals surface area contributed by atoms with Crippen molar-refractivity contribution in [2.75, 3.05) is 13.7 Å². The lowest BCUT2D eigenvalue weighted by atomic mass is 9.90. The zero-order chi connectivity index (χ0) is 13.3. The van der Waals surface area contributed by atoms with Crippen LogP contribution in [0.4, 0.5) is 0 Å². The third-order valence-corrected chi connectivity index (χ3v) is 4.64. The first-order chi connectivity index (χ1) is 9.24. The molecule has 1 saturated carbocycles. The molecule has 3 aliphatic rings. The van der Waals surface area contributed by atoms with Crippen LogP contribution in [0.1, 0.15) is 38.5 Å². The number of ether oxygens (including phenoxy) is 3. The van der Waals surface area contributed by atoms with Gasteiger partial charge >= 0.3 is 5.97 Å². The number of hydrogen-bond acceptors (Lipinski definition) is 4. The van der Waals surface area contributed by atoms with Crippen molar-refractivity contribution < 1.29 is 19.0 Å². The van der Waals surface area contributed by atoms with Crippen LogP contribution < -0.4 is 0 Å². The van der Waals surface area contributed by atoms with Gasteiger partial charge in [0, 0.05) is 18.8 Å². The molecule has 3 atom stereocenters. The Morgan fingerprint density at radius 2 is 2.11 bits per heavy atom. The minimum Gasteiger partial charge on any atom is -0.469 e. The standard InChI is InChI=1S/C15H22O4/c1-17-14(16)12-7-5-6-11(12)13-10-18-15(19-13)8-3-2-4-9-15/h5-6,11-13H,2-4,7-10H2,1H3/t11-,12-,13-/m1/s1. The molecule has 19 heavy (non-hydrogen) atoms. The van der Waals surface area contributed by atoms with Crippen LogP contribution in [0.5, 0.6) is 0 Å². The van der Waals surface area contributed by atoms with Crippen molar-refractivity contribution in [1.29, 1.82) is 0 Å². The molecule has 2 aliphatic carbocycles. The summed E-state index contributed by atoms with van der Waals surface area (Å²) in [5.74, 6) is -0.491. The van der Waals surface area contributed by atoms with Crippen LogP contribution in [0.15, 0.2) is 12.2 Å². The average Bonchev–Trinajstić information content (AvgIpc) is 3.06. The van der Waals surface area contributed by atoms with Gasteiger partial charge in [-0.1, -0.05) is 18.6 Å². The molecule has 0 amide bonds. The fraction of sp³-hybridized carbons (Fsp3) is 0.800. The third-order valence-electron chi connectivity index (χ3n) is 4.64. The Labute approximate surface area is 114 Å². The quantitative estimate of drug-likeness (QED) is 0.569. The molecule has 3 rings (SSSR count). The first-order valence-electron chi connectivity index (χ1n) is 7.30. The van der Waals surface area contributed by atoms with Gasteiger partial charge in [-0.2, -0.15) is 0 Å². The lowest BCUT2D eigenvalue weighted by Crippen LogP contribution is -2.36. The molecular formula is C15H22O4. The van der Waals surface area contributed by atoms with E-state index in [0.29, 0.717) is 6.61 Å². The molecule has 4 heteroatoms. The van der Waals surface area contributed by atoms with Crippen LogP contribution in [0.2, 0.25) is 0 Å². The van der Waals surface area contributed by atoms with Gasteiger partial charge in [-0.15, -0.1) is 0 Å². The molecule has 1 aliphatic heterocycles. The van der Waals surface area contributed by atoms with E-state index in [1.807, 2.05) is 0 Å². The van der Waals surface area contributed by atoms with Gasteiger partial charge in [0.2, 0.25) is 0 Å². The number of hydrogen-bond donors (Lipinski definition) is 0. The average molecular weight is 266 g/mol. The zero-order valence-electron chi connectivity index (χ0n) is 11.5. The van der Waals surface area contributed by atoms with Crippen LogP contribution in [-0.4, -0.2) is 31.6 Å². The maximum Gasteiger partial charge on any atom is 0.309 e. The second-order valence-corrected chi connectivity index (χ2v) is 5.81. The fourth-order valence-corrected chi connectivity index (χ4v) is 3.58. The molecule has 0 N–H and O–H groups in total. The Hall–Kier alpha value is -0.870. The molecule has 0 bridgehead atoms. The van der Waals surface area contributed by atoms with E-state index in [1.165, 1.54) is 26.4 Å². The molecule has 4 nitrogen and oxygen atoms in total. The highest BCUT2D eigenvalue weighted by atomic mass is 16.7. The topological polar surface area (TPSA) is 44.8 Å². The van der Waals surface area contributed by atoms with Gasteiger partial charge < -0.3 is 14.2 Å². The summed E-state index contributed by atoms with van der Waals surface area (Å²) in [5, 5.41) is 0. The van der Waals surface area contributed by atoms with Crippen LogP contribution in [-0.2, 0) is 19.0 Å². The minimum atomic E-state index is -0.361. The maximum absolute atomic E-state index is 11.8. The maximum atomic E-state index is 11.8. The van der Waals surface area contributed by atoms with Crippen molar-refractivity contribution in [2.45, 2.75) is 50.4 Å². The zero-order valence-corrected chi connectivity index (χ0v) is 11.5. The number of allylic oxidation sites excluding steroid dienone is 1. The molecular weight excluding hydrogens is 244 g/mol. The Morgan fingerprint density at radius 3 is 2.84 bits per heavy atom. The first-order valence-corrected chi connectivity index (χ1v) is 7.30. The monoisotopic (exact) mass is 266 g/mol. The summed E-state index contributed by atoms with van der Waals surface area (Å²) in [6.07, 6.45) is 10.5. The van der Waals surface area contributed by atoms with E-state index in [-0.39, 0.29) is 29.7 Å². The summed E-state index contributed by atoms with van der Waals surface area (Å²) in [4.78, 5) is 11.8. The number of carbonyl (C=O) groups excluding carboxylic acids is 1. The van der Waals surface area contributed by atoms with Crippen molar-refractivity contribution >= 4 is 5.97 Å². The molecule has 1 saturated heterocycles. The van der Waals surface area contributed by atoms with Gasteiger partial charge in [0.05, 0.1) is 25.7 Å². The molecule has 0 aromatic rings. The first kappa shape index (κ1) is 13.1. The van der Waals surface area contributed by atoms with E-state index in [2.05, 4.69) is 12.2 Å². The van der Waals surface area contributed by atoms with Gasteiger partial charge in [0.15, 0.2) is 5.79 Å². The Balaban J connectivity index is 1.66. The van der Waals surface area contributed by atoms with Crippen LogP contribution >= 0.6 is 0 Å². The smallest absolute Gasteiger partial charge is 0.309 e. The van der Waals surface area contributed by atoms with Crippen molar-refractivity contribution in [3.8, 4) is 0 Å². The Kier molecular flexibility index (Phi) is 3.63. The van der Waals surface area contributed by atoms with Gasteiger partial charge in [-0.3, -0.25) is 4.79 Å². The highest BCUT2D eigenvalue weighted by Gasteiger charge is 2.47. The molecule has 2 fully saturated rings. The summed E-state index contributed by atoms with van der Waals surface area (Å²) in [6.45, 7) is 0.600. The molecule has 0 aromatic carbocycles. The molecule has 0 aromatic heterocycles. The minimum absolute atomic E-state index is 0.000880. The second kappa shape index (κ2) is 5.25. The Morgan fingerprint density at radius 1 is 1.32 bits per heavy atom. The van der Waals surface area contributed by atoms with E-state index < -0.39 is 0 Å². The predicted molar refractivity (Wildman–Crippen MR) is 69.4 cm³/mol. The number of esters is 1. The number of methoxy groups -OCH3 is 1. The van der Waals surface area contributed by atoms with E-state index in [9.17, 15) is 4.79 Å². The predicted octanol–water partition coefficient (Wildman–Crippen LogP) is 2.43. The summed E-state index contributed by atoms with van der Waals surface area (Å²) >= 11 is 0. The molecule has 0 unspecified atom stereocenters. The van der Waals surface area contributed by atoms with Crippen molar-refractivity contribution in [3.63, 3.8) is 0 Å². The molecule has 1 heterocycles. The lowest BCUT2D eigenvalue weighted by Gasteiger charge is -2.32. The summed E-state index contributed by atoms with van der Waals surface area (Å²) in [7, 11) is 1.45. The lowest BCUT2D eigenvalue weighted by molar-refractivity contribution is -0.192.